The van der Waals surface area contributed by atoms with Crippen LogP contribution in [0.25, 0.3) is 0 Å². The van der Waals surface area contributed by atoms with Crippen molar-refractivity contribution in [3.05, 3.63) is 47.1 Å². The Morgan fingerprint density at radius 1 is 1.16 bits per heavy atom. The van der Waals surface area contributed by atoms with Crippen LogP contribution in [0.4, 0.5) is 0 Å². The van der Waals surface area contributed by atoms with E-state index in [4.69, 9.17) is 10.3 Å². The highest BCUT2D eigenvalue weighted by Gasteiger charge is 2.29. The first-order valence-electron chi connectivity index (χ1n) is 8.61. The largest absolute Gasteiger partial charge is 0.338 e. The summed E-state index contributed by atoms with van der Waals surface area (Å²) in [5.74, 6) is 1.23. The highest BCUT2D eigenvalue weighted by molar-refractivity contribution is 5.83. The molecule has 1 aliphatic heterocycles. The Bertz CT molecular complexity index is 719. The summed E-state index contributed by atoms with van der Waals surface area (Å²) in [5, 5.41) is 3.84. The summed E-state index contributed by atoms with van der Waals surface area (Å²) in [6.45, 7) is 8.68. The van der Waals surface area contributed by atoms with Crippen molar-refractivity contribution in [1.82, 2.24) is 19.9 Å². The number of aromatic nitrogens is 2. The first kappa shape index (κ1) is 17.6. The van der Waals surface area contributed by atoms with E-state index in [-0.39, 0.29) is 11.9 Å². The van der Waals surface area contributed by atoms with Crippen LogP contribution >= 0.6 is 0 Å². The van der Waals surface area contributed by atoms with Gasteiger partial charge in [0.2, 0.25) is 11.8 Å². The molecule has 0 bridgehead atoms. The number of hydrogen-bond donors (Lipinski definition) is 1. The smallest absolute Gasteiger partial charge is 0.244 e. The minimum atomic E-state index is -0.608. The van der Waals surface area contributed by atoms with Gasteiger partial charge in [0, 0.05) is 26.2 Å². The van der Waals surface area contributed by atoms with Gasteiger partial charge in [-0.2, -0.15) is 4.98 Å². The maximum atomic E-state index is 12.7. The van der Waals surface area contributed by atoms with Crippen LogP contribution in [0.1, 0.15) is 41.8 Å². The van der Waals surface area contributed by atoms with Crippen LogP contribution in [0.5, 0.6) is 0 Å². The van der Waals surface area contributed by atoms with Crippen LogP contribution in [-0.2, 0) is 4.79 Å². The highest BCUT2D eigenvalue weighted by Crippen LogP contribution is 2.21. The van der Waals surface area contributed by atoms with Gasteiger partial charge >= 0.3 is 0 Å². The third-order valence-corrected chi connectivity index (χ3v) is 4.78. The van der Waals surface area contributed by atoms with Gasteiger partial charge in [-0.3, -0.25) is 9.69 Å². The van der Waals surface area contributed by atoms with Gasteiger partial charge in [-0.1, -0.05) is 35.0 Å². The SMILES string of the molecule is Cc1ccc(C(N)C(=O)N2CCN(C(C)c3nc(C)no3)CC2)cc1. The molecule has 2 heterocycles. The van der Waals surface area contributed by atoms with Crippen molar-refractivity contribution in [3.8, 4) is 0 Å². The fourth-order valence-corrected chi connectivity index (χ4v) is 3.08. The van der Waals surface area contributed by atoms with Crippen molar-refractivity contribution in [3.63, 3.8) is 0 Å². The zero-order valence-corrected chi connectivity index (χ0v) is 15.0. The van der Waals surface area contributed by atoms with Gasteiger partial charge in [-0.05, 0) is 26.3 Å². The predicted molar refractivity (Wildman–Crippen MR) is 93.7 cm³/mol. The monoisotopic (exact) mass is 343 g/mol. The fraction of sp³-hybridized carbons (Fsp3) is 0.500. The molecule has 1 aromatic carbocycles. The summed E-state index contributed by atoms with van der Waals surface area (Å²) in [7, 11) is 0. The van der Waals surface area contributed by atoms with Crippen molar-refractivity contribution < 1.29 is 9.32 Å². The maximum Gasteiger partial charge on any atom is 0.244 e. The molecule has 0 radical (unpaired) electrons. The lowest BCUT2D eigenvalue weighted by molar-refractivity contribution is -0.134. The number of nitrogens with zero attached hydrogens (tertiary/aromatic N) is 4. The van der Waals surface area contributed by atoms with E-state index in [2.05, 4.69) is 15.0 Å². The lowest BCUT2D eigenvalue weighted by Gasteiger charge is -2.37. The standard InChI is InChI=1S/C18H25N5O2/c1-12-4-6-15(7-5-12)16(19)18(24)23-10-8-22(9-11-23)13(2)17-20-14(3)21-25-17/h4-7,13,16H,8-11,19H2,1-3H3. The van der Waals surface area contributed by atoms with Crippen molar-refractivity contribution in [2.45, 2.75) is 32.9 Å². The van der Waals surface area contributed by atoms with Crippen LogP contribution in [0.3, 0.4) is 0 Å². The number of carbonyl (C=O) groups excluding carboxylic acids is 1. The number of amides is 1. The average Bonchev–Trinajstić information content (AvgIpc) is 3.07. The summed E-state index contributed by atoms with van der Waals surface area (Å²) >= 11 is 0. The molecule has 2 unspecified atom stereocenters. The molecule has 0 saturated carbocycles. The van der Waals surface area contributed by atoms with Crippen LogP contribution < -0.4 is 5.73 Å². The Morgan fingerprint density at radius 2 is 1.80 bits per heavy atom. The molecule has 7 heteroatoms. The molecular weight excluding hydrogens is 318 g/mol. The molecule has 2 atom stereocenters. The second-order valence-corrected chi connectivity index (χ2v) is 6.61. The van der Waals surface area contributed by atoms with E-state index >= 15 is 0 Å². The predicted octanol–water partition coefficient (Wildman–Crippen LogP) is 1.59. The number of piperazine rings is 1. The lowest BCUT2D eigenvalue weighted by Crippen LogP contribution is -2.51. The van der Waals surface area contributed by atoms with Gasteiger partial charge in [0.05, 0.1) is 6.04 Å². The molecule has 1 aliphatic rings. The maximum absolute atomic E-state index is 12.7. The number of benzene rings is 1. The summed E-state index contributed by atoms with van der Waals surface area (Å²) in [6, 6.07) is 7.25. The normalized spacial score (nSPS) is 18.2. The first-order valence-corrected chi connectivity index (χ1v) is 8.61. The zero-order valence-electron chi connectivity index (χ0n) is 15.0. The molecule has 0 spiro atoms. The quantitative estimate of drug-likeness (QED) is 0.907. The van der Waals surface area contributed by atoms with Crippen LogP contribution in [0.15, 0.2) is 28.8 Å². The molecule has 1 amide bonds. The molecule has 2 N–H and O–H groups in total. The third-order valence-electron chi connectivity index (χ3n) is 4.78. The zero-order chi connectivity index (χ0) is 18.0. The van der Waals surface area contributed by atoms with Gasteiger partial charge in [0.15, 0.2) is 5.82 Å². The Hall–Kier alpha value is -2.25. The van der Waals surface area contributed by atoms with Gasteiger partial charge in [-0.25, -0.2) is 0 Å². The Kier molecular flexibility index (Phi) is 5.15. The van der Waals surface area contributed by atoms with Crippen LogP contribution in [0, 0.1) is 13.8 Å². The van der Waals surface area contributed by atoms with Gasteiger partial charge < -0.3 is 15.2 Å². The van der Waals surface area contributed by atoms with Crippen molar-refractivity contribution in [2.75, 3.05) is 26.2 Å². The summed E-state index contributed by atoms with van der Waals surface area (Å²) in [5.41, 5.74) is 8.18. The number of aryl methyl sites for hydroxylation is 2. The molecular formula is C18H25N5O2. The van der Waals surface area contributed by atoms with Gasteiger partial charge in [-0.15, -0.1) is 0 Å². The second-order valence-electron chi connectivity index (χ2n) is 6.61. The Balaban J connectivity index is 1.58. The van der Waals surface area contributed by atoms with Crippen LogP contribution in [0.2, 0.25) is 0 Å². The minimum Gasteiger partial charge on any atom is -0.338 e. The topological polar surface area (TPSA) is 88.5 Å². The van der Waals surface area contributed by atoms with E-state index in [1.54, 1.807) is 0 Å². The van der Waals surface area contributed by atoms with Gasteiger partial charge in [0.25, 0.3) is 0 Å². The molecule has 0 aliphatic carbocycles. The van der Waals surface area contributed by atoms with E-state index in [1.165, 1.54) is 0 Å². The molecule has 2 aromatic rings. The molecule has 1 aromatic heterocycles. The number of hydrogen-bond acceptors (Lipinski definition) is 6. The van der Waals surface area contributed by atoms with Crippen LogP contribution in [-0.4, -0.2) is 52.0 Å². The molecule has 3 rings (SSSR count). The summed E-state index contributed by atoms with van der Waals surface area (Å²) in [6.07, 6.45) is 0. The number of rotatable bonds is 4. The highest BCUT2D eigenvalue weighted by atomic mass is 16.5. The molecule has 1 fully saturated rings. The Morgan fingerprint density at radius 3 is 2.36 bits per heavy atom. The molecule has 134 valence electrons. The molecule has 25 heavy (non-hydrogen) atoms. The van der Waals surface area contributed by atoms with E-state index in [1.807, 2.05) is 49.9 Å². The second kappa shape index (κ2) is 7.33. The molecule has 7 nitrogen and oxygen atoms in total. The molecule has 1 saturated heterocycles. The summed E-state index contributed by atoms with van der Waals surface area (Å²) in [4.78, 5) is 21.1. The fourth-order valence-electron chi connectivity index (χ4n) is 3.08. The lowest BCUT2D eigenvalue weighted by atomic mass is 10.0. The van der Waals surface area contributed by atoms with Crippen molar-refractivity contribution in [1.29, 1.82) is 0 Å². The number of nitrogens with two attached hydrogens (primary N) is 1. The average molecular weight is 343 g/mol. The Labute approximate surface area is 147 Å². The third kappa shape index (κ3) is 3.88. The van der Waals surface area contributed by atoms with E-state index < -0.39 is 6.04 Å². The first-order chi connectivity index (χ1) is 12.0. The van der Waals surface area contributed by atoms with Crippen molar-refractivity contribution in [2.24, 2.45) is 5.73 Å². The van der Waals surface area contributed by atoms with E-state index in [0.29, 0.717) is 24.8 Å². The summed E-state index contributed by atoms with van der Waals surface area (Å²) < 4.78 is 5.26. The van der Waals surface area contributed by atoms with Crippen molar-refractivity contribution >= 4 is 5.91 Å². The van der Waals surface area contributed by atoms with E-state index in [9.17, 15) is 4.79 Å². The van der Waals surface area contributed by atoms with Gasteiger partial charge in [0.1, 0.15) is 6.04 Å². The minimum absolute atomic E-state index is 0.0233. The number of carbonyl (C=O) groups is 1. The van der Waals surface area contributed by atoms with E-state index in [0.717, 1.165) is 24.2 Å².